The molecule has 0 saturated carbocycles. The van der Waals surface area contributed by atoms with Gasteiger partial charge < -0.3 is 20.3 Å². The normalized spacial score (nSPS) is 16.4. The van der Waals surface area contributed by atoms with Gasteiger partial charge >= 0.3 is 0 Å². The second-order valence-electron chi connectivity index (χ2n) is 7.24. The largest absolute Gasteiger partial charge is 0.475 e. The van der Waals surface area contributed by atoms with Crippen LogP contribution in [0, 0.1) is 11.6 Å². The molecule has 0 radical (unpaired) electrons. The number of hydrogen-bond acceptors (Lipinski definition) is 4. The molecule has 3 rings (SSSR count). The fourth-order valence-electron chi connectivity index (χ4n) is 3.27. The van der Waals surface area contributed by atoms with E-state index in [4.69, 9.17) is 4.74 Å². The van der Waals surface area contributed by atoms with Gasteiger partial charge in [0.05, 0.1) is 6.10 Å². The van der Waals surface area contributed by atoms with Crippen LogP contribution in [0.3, 0.4) is 0 Å². The Labute approximate surface area is 193 Å². The molecule has 2 aromatic rings. The van der Waals surface area contributed by atoms with Gasteiger partial charge in [-0.2, -0.15) is 0 Å². The number of anilines is 1. The Hall–Kier alpha value is -2.17. The first-order valence-corrected chi connectivity index (χ1v) is 9.74. The molecule has 6 nitrogen and oxygen atoms in total. The summed E-state index contributed by atoms with van der Waals surface area (Å²) in [5.41, 5.74) is 1.03. The van der Waals surface area contributed by atoms with Crippen LogP contribution in [0.25, 0.3) is 0 Å². The Kier molecular flexibility index (Phi) is 9.07. The molecular formula is C21H28F2IN5O. The number of halogens is 3. The molecule has 30 heavy (non-hydrogen) atoms. The molecule has 1 aliphatic heterocycles. The second kappa shape index (κ2) is 11.3. The minimum absolute atomic E-state index is 0. The summed E-state index contributed by atoms with van der Waals surface area (Å²) < 4.78 is 33.6. The maximum absolute atomic E-state index is 14.0. The highest BCUT2D eigenvalue weighted by Gasteiger charge is 2.27. The second-order valence-corrected chi connectivity index (χ2v) is 7.24. The maximum atomic E-state index is 14.0. The Balaban J connectivity index is 0.00000320. The number of ether oxygens (including phenoxy) is 1. The molecule has 0 aliphatic carbocycles. The average Bonchev–Trinajstić information content (AvgIpc) is 3.13. The van der Waals surface area contributed by atoms with E-state index in [0.29, 0.717) is 31.5 Å². The number of rotatable bonds is 6. The maximum Gasteiger partial charge on any atom is 0.213 e. The zero-order valence-electron chi connectivity index (χ0n) is 17.4. The lowest BCUT2D eigenvalue weighted by atomic mass is 10.2. The number of pyridine rings is 1. The van der Waals surface area contributed by atoms with E-state index in [1.54, 1.807) is 18.1 Å². The van der Waals surface area contributed by atoms with E-state index in [1.807, 2.05) is 26.0 Å². The van der Waals surface area contributed by atoms with Gasteiger partial charge in [0.1, 0.15) is 17.3 Å². The van der Waals surface area contributed by atoms with Gasteiger partial charge in [-0.25, -0.2) is 13.8 Å². The van der Waals surface area contributed by atoms with E-state index in [9.17, 15) is 8.78 Å². The van der Waals surface area contributed by atoms with Crippen LogP contribution in [-0.2, 0) is 6.54 Å². The quantitative estimate of drug-likeness (QED) is 0.338. The Bertz CT molecular complexity index is 828. The summed E-state index contributed by atoms with van der Waals surface area (Å²) in [7, 11) is 1.69. The lowest BCUT2D eigenvalue weighted by Gasteiger charge is -2.21. The van der Waals surface area contributed by atoms with Crippen molar-refractivity contribution in [1.29, 1.82) is 0 Å². The van der Waals surface area contributed by atoms with Crippen LogP contribution >= 0.6 is 24.0 Å². The number of aromatic nitrogens is 1. The molecule has 1 aromatic heterocycles. The van der Waals surface area contributed by atoms with Gasteiger partial charge in [0.15, 0.2) is 5.96 Å². The molecule has 1 aromatic carbocycles. The van der Waals surface area contributed by atoms with E-state index in [2.05, 4.69) is 20.6 Å². The Morgan fingerprint density at radius 2 is 2.00 bits per heavy atom. The molecule has 1 atom stereocenters. The number of nitrogens with one attached hydrogen (secondary N) is 2. The fraction of sp³-hybridized carbons (Fsp3) is 0.429. The molecule has 0 spiro atoms. The third-order valence-corrected chi connectivity index (χ3v) is 4.62. The van der Waals surface area contributed by atoms with Crippen LogP contribution in [0.2, 0.25) is 0 Å². The molecule has 164 valence electrons. The third-order valence-electron chi connectivity index (χ3n) is 4.62. The number of guanidine groups is 1. The van der Waals surface area contributed by atoms with Crippen molar-refractivity contribution in [2.75, 3.05) is 25.0 Å². The molecule has 1 aliphatic rings. The highest BCUT2D eigenvalue weighted by atomic mass is 127. The van der Waals surface area contributed by atoms with Crippen molar-refractivity contribution < 1.29 is 13.5 Å². The van der Waals surface area contributed by atoms with Crippen LogP contribution in [0.5, 0.6) is 5.88 Å². The van der Waals surface area contributed by atoms with Crippen molar-refractivity contribution in [1.82, 2.24) is 15.6 Å². The van der Waals surface area contributed by atoms with Gasteiger partial charge in [0.2, 0.25) is 5.88 Å². The van der Waals surface area contributed by atoms with E-state index >= 15 is 0 Å². The van der Waals surface area contributed by atoms with Crippen molar-refractivity contribution in [3.63, 3.8) is 0 Å². The summed E-state index contributed by atoms with van der Waals surface area (Å²) in [6.07, 6.45) is 2.60. The molecular weight excluding hydrogens is 503 g/mol. The molecule has 1 unspecified atom stereocenters. The van der Waals surface area contributed by atoms with Crippen molar-refractivity contribution in [3.05, 3.63) is 53.7 Å². The molecule has 0 bridgehead atoms. The van der Waals surface area contributed by atoms with Gasteiger partial charge in [-0.15, -0.1) is 24.0 Å². The van der Waals surface area contributed by atoms with Crippen molar-refractivity contribution in [2.45, 2.75) is 39.0 Å². The summed E-state index contributed by atoms with van der Waals surface area (Å²) in [5.74, 6) is 0.155. The van der Waals surface area contributed by atoms with Gasteiger partial charge in [-0.3, -0.25) is 4.99 Å². The number of hydrogen-bond donors (Lipinski definition) is 2. The summed E-state index contributed by atoms with van der Waals surface area (Å²) in [6, 6.07) is 7.77. The van der Waals surface area contributed by atoms with Crippen molar-refractivity contribution in [2.24, 2.45) is 4.99 Å². The third kappa shape index (κ3) is 6.41. The lowest BCUT2D eigenvalue weighted by Crippen LogP contribution is -2.44. The molecule has 1 saturated heterocycles. The van der Waals surface area contributed by atoms with E-state index in [-0.39, 0.29) is 41.8 Å². The summed E-state index contributed by atoms with van der Waals surface area (Å²) >= 11 is 0. The predicted molar refractivity (Wildman–Crippen MR) is 126 cm³/mol. The molecule has 9 heteroatoms. The van der Waals surface area contributed by atoms with Gasteiger partial charge in [-0.05, 0) is 38.0 Å². The van der Waals surface area contributed by atoms with Crippen molar-refractivity contribution in [3.8, 4) is 5.88 Å². The van der Waals surface area contributed by atoms with Crippen molar-refractivity contribution >= 4 is 35.6 Å². The van der Waals surface area contributed by atoms with Gasteiger partial charge in [-0.1, -0.05) is 12.1 Å². The summed E-state index contributed by atoms with van der Waals surface area (Å²) in [5, 5.41) is 6.56. The number of benzene rings is 1. The zero-order valence-corrected chi connectivity index (χ0v) is 19.7. The first kappa shape index (κ1) is 24.1. The first-order chi connectivity index (χ1) is 14.0. The highest BCUT2D eigenvalue weighted by Crippen LogP contribution is 2.26. The standard InChI is InChI=1S/C21H27F2N5O.HI/c1-14(2)29-19-8-7-15(11-25-19)12-26-21(24-3)27-16-9-10-28(13-16)20-17(22)5-4-6-18(20)23;/h4-8,11,14,16H,9-10,12-13H2,1-3H3,(H2,24,26,27);1H. The molecule has 2 N–H and O–H groups in total. The van der Waals surface area contributed by atoms with E-state index in [1.165, 1.54) is 18.2 Å². The monoisotopic (exact) mass is 531 g/mol. The van der Waals surface area contributed by atoms with Gasteiger partial charge in [0, 0.05) is 45.0 Å². The average molecular weight is 531 g/mol. The van der Waals surface area contributed by atoms with Gasteiger partial charge in [0.25, 0.3) is 0 Å². The van der Waals surface area contributed by atoms with E-state index in [0.717, 1.165) is 12.0 Å². The minimum Gasteiger partial charge on any atom is -0.475 e. The molecule has 0 amide bonds. The number of aliphatic imine (C=N–C) groups is 1. The molecule has 1 fully saturated rings. The Morgan fingerprint density at radius 3 is 2.60 bits per heavy atom. The summed E-state index contributed by atoms with van der Waals surface area (Å²) in [4.78, 5) is 10.3. The van der Waals surface area contributed by atoms with Crippen LogP contribution in [0.1, 0.15) is 25.8 Å². The highest BCUT2D eigenvalue weighted by molar-refractivity contribution is 14.0. The first-order valence-electron chi connectivity index (χ1n) is 9.74. The number of para-hydroxylation sites is 1. The fourth-order valence-corrected chi connectivity index (χ4v) is 3.27. The predicted octanol–water partition coefficient (Wildman–Crippen LogP) is 3.71. The minimum atomic E-state index is -0.537. The number of nitrogens with zero attached hydrogens (tertiary/aromatic N) is 3. The summed E-state index contributed by atoms with van der Waals surface area (Å²) in [6.45, 7) is 5.54. The van der Waals surface area contributed by atoms with Crippen LogP contribution < -0.4 is 20.3 Å². The van der Waals surface area contributed by atoms with Crippen LogP contribution in [0.4, 0.5) is 14.5 Å². The Morgan fingerprint density at radius 1 is 1.27 bits per heavy atom. The zero-order chi connectivity index (χ0) is 20.8. The SMILES string of the molecule is CN=C(NCc1ccc(OC(C)C)nc1)NC1CCN(c2c(F)cccc2F)C1.I. The smallest absolute Gasteiger partial charge is 0.213 e. The molecule has 2 heterocycles. The van der Waals surface area contributed by atoms with Crippen LogP contribution in [0.15, 0.2) is 41.5 Å². The van der Waals surface area contributed by atoms with Crippen LogP contribution in [-0.4, -0.2) is 43.2 Å². The lowest BCUT2D eigenvalue weighted by molar-refractivity contribution is 0.232. The van der Waals surface area contributed by atoms with E-state index < -0.39 is 11.6 Å². The topological polar surface area (TPSA) is 61.8 Å².